The lowest BCUT2D eigenvalue weighted by Gasteiger charge is -2.07. The Hall–Kier alpha value is -2.56. The van der Waals surface area contributed by atoms with Crippen molar-refractivity contribution < 1.29 is 10.0 Å². The van der Waals surface area contributed by atoms with Crippen LogP contribution in [0.2, 0.25) is 0 Å². The van der Waals surface area contributed by atoms with E-state index in [0.29, 0.717) is 17.8 Å². The Labute approximate surface area is 104 Å². The topological polar surface area (TPSA) is 75.4 Å². The molecule has 0 spiro atoms. The Kier molecular flexibility index (Phi) is 3.43. The lowest BCUT2D eigenvalue weighted by atomic mass is 10.2. The molecular weight excluding hydrogens is 232 g/mol. The summed E-state index contributed by atoms with van der Waals surface area (Å²) in [7, 11) is 0. The highest BCUT2D eigenvalue weighted by Gasteiger charge is 2.11. The van der Waals surface area contributed by atoms with Crippen molar-refractivity contribution in [3.63, 3.8) is 0 Å². The Morgan fingerprint density at radius 2 is 1.94 bits per heavy atom. The van der Waals surface area contributed by atoms with E-state index in [2.05, 4.69) is 5.32 Å². The minimum absolute atomic E-state index is 0.0881. The Bertz CT molecular complexity index is 570. The summed E-state index contributed by atoms with van der Waals surface area (Å²) >= 11 is 0. The average Bonchev–Trinajstić information content (AvgIpc) is 2.37. The zero-order valence-corrected chi connectivity index (χ0v) is 9.54. The van der Waals surface area contributed by atoms with Crippen molar-refractivity contribution >= 4 is 11.4 Å². The van der Waals surface area contributed by atoms with E-state index in [9.17, 15) is 15.2 Å². The number of nitro groups is 1. The van der Waals surface area contributed by atoms with Crippen LogP contribution in [-0.4, -0.2) is 10.0 Å². The number of hydrogen-bond acceptors (Lipinski definition) is 4. The first-order valence-corrected chi connectivity index (χ1v) is 5.42. The number of nitrogens with one attached hydrogen (secondary N) is 1. The lowest BCUT2D eigenvalue weighted by Crippen LogP contribution is -2.02. The van der Waals surface area contributed by atoms with Gasteiger partial charge >= 0.3 is 0 Å². The quantitative estimate of drug-likeness (QED) is 0.640. The fourth-order valence-corrected chi connectivity index (χ4v) is 1.65. The maximum atomic E-state index is 10.8. The number of nitro benzene ring substituents is 1. The van der Waals surface area contributed by atoms with Crippen molar-refractivity contribution in [3.05, 3.63) is 64.2 Å². The van der Waals surface area contributed by atoms with Gasteiger partial charge in [0.1, 0.15) is 5.75 Å². The van der Waals surface area contributed by atoms with Crippen molar-refractivity contribution in [2.45, 2.75) is 6.54 Å². The van der Waals surface area contributed by atoms with E-state index in [-0.39, 0.29) is 11.4 Å². The highest BCUT2D eigenvalue weighted by molar-refractivity contribution is 5.49. The van der Waals surface area contributed by atoms with Crippen LogP contribution in [-0.2, 0) is 6.54 Å². The van der Waals surface area contributed by atoms with Crippen molar-refractivity contribution in [1.29, 1.82) is 0 Å². The number of hydrogen-bond donors (Lipinski definition) is 2. The van der Waals surface area contributed by atoms with E-state index >= 15 is 0 Å². The zero-order chi connectivity index (χ0) is 13.0. The smallest absolute Gasteiger partial charge is 0.274 e. The second-order valence-electron chi connectivity index (χ2n) is 3.79. The van der Waals surface area contributed by atoms with Gasteiger partial charge in [0.2, 0.25) is 0 Å². The van der Waals surface area contributed by atoms with E-state index in [4.69, 9.17) is 0 Å². The Balaban J connectivity index is 2.13. The van der Waals surface area contributed by atoms with Crippen LogP contribution >= 0.6 is 0 Å². The van der Waals surface area contributed by atoms with Crippen LogP contribution in [0.5, 0.6) is 5.75 Å². The lowest BCUT2D eigenvalue weighted by molar-refractivity contribution is -0.385. The normalized spacial score (nSPS) is 10.0. The first-order valence-electron chi connectivity index (χ1n) is 5.42. The summed E-state index contributed by atoms with van der Waals surface area (Å²) in [6.07, 6.45) is 0. The standard InChI is InChI=1S/C13H12N2O3/c16-12-6-3-5-11(8-12)14-9-10-4-1-2-7-13(10)15(17)18/h1-8,14,16H,9H2. The first-order chi connectivity index (χ1) is 8.66. The van der Waals surface area contributed by atoms with Crippen LogP contribution in [0.3, 0.4) is 0 Å². The molecule has 0 radical (unpaired) electrons. The molecule has 0 aliphatic heterocycles. The van der Waals surface area contributed by atoms with Crippen molar-refractivity contribution in [2.75, 3.05) is 5.32 Å². The van der Waals surface area contributed by atoms with Gasteiger partial charge in [0.15, 0.2) is 0 Å². The molecule has 0 saturated carbocycles. The number of nitrogens with zero attached hydrogens (tertiary/aromatic N) is 1. The van der Waals surface area contributed by atoms with Crippen LogP contribution in [0.25, 0.3) is 0 Å². The monoisotopic (exact) mass is 244 g/mol. The molecule has 92 valence electrons. The van der Waals surface area contributed by atoms with Gasteiger partial charge in [0.05, 0.1) is 4.92 Å². The summed E-state index contributed by atoms with van der Waals surface area (Å²) in [6, 6.07) is 13.2. The van der Waals surface area contributed by atoms with Gasteiger partial charge in [-0.2, -0.15) is 0 Å². The van der Waals surface area contributed by atoms with Crippen LogP contribution in [0.15, 0.2) is 48.5 Å². The van der Waals surface area contributed by atoms with E-state index in [1.165, 1.54) is 6.07 Å². The number of phenolic OH excluding ortho intramolecular Hbond substituents is 1. The molecule has 0 aliphatic rings. The molecule has 0 heterocycles. The third kappa shape index (κ3) is 2.76. The third-order valence-electron chi connectivity index (χ3n) is 2.52. The summed E-state index contributed by atoms with van der Waals surface area (Å²) in [4.78, 5) is 10.4. The summed E-state index contributed by atoms with van der Waals surface area (Å²) < 4.78 is 0. The molecule has 0 aliphatic carbocycles. The highest BCUT2D eigenvalue weighted by atomic mass is 16.6. The first kappa shape index (κ1) is 11.9. The maximum Gasteiger partial charge on any atom is 0.274 e. The molecule has 0 amide bonds. The van der Waals surface area contributed by atoms with Crippen molar-refractivity contribution in [3.8, 4) is 5.75 Å². The summed E-state index contributed by atoms with van der Waals surface area (Å²) in [5.74, 6) is 0.155. The Morgan fingerprint density at radius 1 is 1.17 bits per heavy atom. The fourth-order valence-electron chi connectivity index (χ4n) is 1.65. The van der Waals surface area contributed by atoms with Gasteiger partial charge in [-0.25, -0.2) is 0 Å². The number of rotatable bonds is 4. The van der Waals surface area contributed by atoms with Gasteiger partial charge in [0.25, 0.3) is 5.69 Å². The zero-order valence-electron chi connectivity index (χ0n) is 9.54. The number of phenols is 1. The number of anilines is 1. The SMILES string of the molecule is O=[N+]([O-])c1ccccc1CNc1cccc(O)c1. The van der Waals surface area contributed by atoms with Crippen molar-refractivity contribution in [2.24, 2.45) is 0 Å². The number of aromatic hydroxyl groups is 1. The molecule has 0 unspecified atom stereocenters. The molecule has 2 aromatic carbocycles. The third-order valence-corrected chi connectivity index (χ3v) is 2.52. The molecule has 0 atom stereocenters. The van der Waals surface area contributed by atoms with Crippen LogP contribution in [0, 0.1) is 10.1 Å². The maximum absolute atomic E-state index is 10.8. The van der Waals surface area contributed by atoms with Gasteiger partial charge < -0.3 is 10.4 Å². The molecule has 0 bridgehead atoms. The fraction of sp³-hybridized carbons (Fsp3) is 0.0769. The Morgan fingerprint density at radius 3 is 2.67 bits per heavy atom. The van der Waals surface area contributed by atoms with Gasteiger partial charge in [0, 0.05) is 29.9 Å². The van der Waals surface area contributed by atoms with Gasteiger partial charge in [-0.15, -0.1) is 0 Å². The van der Waals surface area contributed by atoms with E-state index in [1.54, 1.807) is 42.5 Å². The highest BCUT2D eigenvalue weighted by Crippen LogP contribution is 2.20. The molecule has 2 N–H and O–H groups in total. The van der Waals surface area contributed by atoms with Gasteiger partial charge in [-0.05, 0) is 12.1 Å². The molecule has 5 heteroatoms. The second-order valence-corrected chi connectivity index (χ2v) is 3.79. The van der Waals surface area contributed by atoms with Crippen molar-refractivity contribution in [1.82, 2.24) is 0 Å². The van der Waals surface area contributed by atoms with Gasteiger partial charge in [-0.3, -0.25) is 10.1 Å². The number of benzene rings is 2. The molecule has 5 nitrogen and oxygen atoms in total. The molecule has 2 aromatic rings. The molecule has 2 rings (SSSR count). The minimum Gasteiger partial charge on any atom is -0.508 e. The summed E-state index contributed by atoms with van der Waals surface area (Å²) in [5.41, 5.74) is 1.41. The van der Waals surface area contributed by atoms with E-state index < -0.39 is 4.92 Å². The average molecular weight is 244 g/mol. The molecule has 18 heavy (non-hydrogen) atoms. The van der Waals surface area contributed by atoms with E-state index in [1.807, 2.05) is 0 Å². The minimum atomic E-state index is -0.403. The molecule has 0 fully saturated rings. The molecular formula is C13H12N2O3. The molecule has 0 aromatic heterocycles. The predicted molar refractivity (Wildman–Crippen MR) is 68.5 cm³/mol. The van der Waals surface area contributed by atoms with Crippen LogP contribution in [0.1, 0.15) is 5.56 Å². The molecule has 0 saturated heterocycles. The second kappa shape index (κ2) is 5.18. The van der Waals surface area contributed by atoms with Gasteiger partial charge in [-0.1, -0.05) is 24.3 Å². The van der Waals surface area contributed by atoms with E-state index in [0.717, 1.165) is 0 Å². The summed E-state index contributed by atoms with van der Waals surface area (Å²) in [6.45, 7) is 0.334. The summed E-state index contributed by atoms with van der Waals surface area (Å²) in [5, 5.41) is 23.2. The number of para-hydroxylation sites is 1. The van der Waals surface area contributed by atoms with Crippen LogP contribution < -0.4 is 5.32 Å². The van der Waals surface area contributed by atoms with Crippen LogP contribution in [0.4, 0.5) is 11.4 Å². The largest absolute Gasteiger partial charge is 0.508 e. The predicted octanol–water partition coefficient (Wildman–Crippen LogP) is 2.91.